The molecule has 1 aliphatic heterocycles. The summed E-state index contributed by atoms with van der Waals surface area (Å²) >= 11 is 0. The highest BCUT2D eigenvalue weighted by Crippen LogP contribution is 2.40. The minimum absolute atomic E-state index is 0.0824. The first kappa shape index (κ1) is 14.4. The lowest BCUT2D eigenvalue weighted by atomic mass is 9.86. The molecular formula is C16H21NO3. The van der Waals surface area contributed by atoms with E-state index in [-0.39, 0.29) is 17.6 Å². The molecule has 20 heavy (non-hydrogen) atoms. The van der Waals surface area contributed by atoms with Gasteiger partial charge in [-0.15, -0.1) is 0 Å². The average Bonchev–Trinajstić information content (AvgIpc) is 2.62. The van der Waals surface area contributed by atoms with Crippen LogP contribution in [0.5, 0.6) is 5.75 Å². The zero-order valence-corrected chi connectivity index (χ0v) is 12.6. The number of carbonyl (C=O) groups is 1. The van der Waals surface area contributed by atoms with Gasteiger partial charge in [-0.1, -0.05) is 26.0 Å². The number of methoxy groups -OCH3 is 1. The molecule has 0 fully saturated rings. The molecule has 1 heterocycles. The number of ether oxygens (including phenoxy) is 1. The highest BCUT2D eigenvalue weighted by atomic mass is 16.5. The van der Waals surface area contributed by atoms with Crippen LogP contribution in [0.4, 0.5) is 0 Å². The molecule has 0 spiro atoms. The molecule has 2 N–H and O–H groups in total. The van der Waals surface area contributed by atoms with Gasteiger partial charge in [0.05, 0.1) is 18.2 Å². The number of benzene rings is 1. The Hall–Kier alpha value is -1.97. The summed E-state index contributed by atoms with van der Waals surface area (Å²) in [6.45, 7) is 7.67. The van der Waals surface area contributed by atoms with E-state index in [1.807, 2.05) is 39.8 Å². The standard InChI is InChI=1S/C16H21NO3/c1-9(2)16(4)14(18)13(15(19)17-16)12-10(3)7-6-8-11(12)20-5/h6-9,18H,1-5H3,(H,17,19). The fourth-order valence-electron chi connectivity index (χ4n) is 2.51. The Balaban J connectivity index is 2.69. The Labute approximate surface area is 119 Å². The monoisotopic (exact) mass is 275 g/mol. The number of rotatable bonds is 3. The van der Waals surface area contributed by atoms with Crippen LogP contribution in [0.3, 0.4) is 0 Å². The maximum atomic E-state index is 12.3. The van der Waals surface area contributed by atoms with E-state index in [4.69, 9.17) is 4.74 Å². The third-order valence-electron chi connectivity index (χ3n) is 4.19. The summed E-state index contributed by atoms with van der Waals surface area (Å²) in [5.41, 5.74) is 1.14. The predicted octanol–water partition coefficient (Wildman–Crippen LogP) is 2.82. The van der Waals surface area contributed by atoms with Crippen LogP contribution in [-0.2, 0) is 4.79 Å². The van der Waals surface area contributed by atoms with Gasteiger partial charge in [0.15, 0.2) is 0 Å². The smallest absolute Gasteiger partial charge is 0.256 e. The van der Waals surface area contributed by atoms with Crippen LogP contribution in [0.15, 0.2) is 24.0 Å². The molecular weight excluding hydrogens is 254 g/mol. The fourth-order valence-corrected chi connectivity index (χ4v) is 2.51. The van der Waals surface area contributed by atoms with E-state index < -0.39 is 5.54 Å². The SMILES string of the molecule is COc1cccc(C)c1C1=C(O)C(C)(C(C)C)NC1=O. The van der Waals surface area contributed by atoms with Gasteiger partial charge >= 0.3 is 0 Å². The molecule has 1 aromatic rings. The first-order chi connectivity index (χ1) is 9.32. The van der Waals surface area contributed by atoms with Crippen LogP contribution < -0.4 is 10.1 Å². The summed E-state index contributed by atoms with van der Waals surface area (Å²) in [4.78, 5) is 12.3. The lowest BCUT2D eigenvalue weighted by Gasteiger charge is -2.29. The molecule has 1 aliphatic rings. The van der Waals surface area contributed by atoms with Crippen LogP contribution in [0.1, 0.15) is 31.9 Å². The summed E-state index contributed by atoms with van der Waals surface area (Å²) in [5, 5.41) is 13.5. The molecule has 1 unspecified atom stereocenters. The van der Waals surface area contributed by atoms with E-state index in [1.165, 1.54) is 0 Å². The second kappa shape index (κ2) is 4.85. The van der Waals surface area contributed by atoms with Gasteiger partial charge in [0.2, 0.25) is 0 Å². The molecule has 0 aromatic heterocycles. The van der Waals surface area contributed by atoms with Gasteiger partial charge in [-0.2, -0.15) is 0 Å². The highest BCUT2D eigenvalue weighted by Gasteiger charge is 2.45. The average molecular weight is 275 g/mol. The minimum Gasteiger partial charge on any atom is -0.509 e. The Morgan fingerprint density at radius 2 is 2.00 bits per heavy atom. The Kier molecular flexibility index (Phi) is 3.50. The van der Waals surface area contributed by atoms with Crippen molar-refractivity contribution in [2.45, 2.75) is 33.2 Å². The number of aliphatic hydroxyl groups excluding tert-OH is 1. The Morgan fingerprint density at radius 3 is 2.50 bits per heavy atom. The Morgan fingerprint density at radius 1 is 1.35 bits per heavy atom. The molecule has 1 atom stereocenters. The van der Waals surface area contributed by atoms with Crippen LogP contribution in [-0.4, -0.2) is 23.7 Å². The van der Waals surface area contributed by atoms with Crippen molar-refractivity contribution in [2.24, 2.45) is 5.92 Å². The van der Waals surface area contributed by atoms with Gasteiger partial charge in [0.1, 0.15) is 11.5 Å². The van der Waals surface area contributed by atoms with E-state index in [0.29, 0.717) is 16.9 Å². The first-order valence-electron chi connectivity index (χ1n) is 6.73. The second-order valence-corrected chi connectivity index (χ2v) is 5.69. The van der Waals surface area contributed by atoms with Crippen molar-refractivity contribution in [1.29, 1.82) is 0 Å². The van der Waals surface area contributed by atoms with E-state index in [2.05, 4.69) is 5.32 Å². The van der Waals surface area contributed by atoms with Crippen molar-refractivity contribution in [1.82, 2.24) is 5.32 Å². The van der Waals surface area contributed by atoms with Crippen molar-refractivity contribution >= 4 is 11.5 Å². The van der Waals surface area contributed by atoms with Crippen molar-refractivity contribution < 1.29 is 14.6 Å². The molecule has 0 radical (unpaired) electrons. The lowest BCUT2D eigenvalue weighted by Crippen LogP contribution is -2.46. The van der Waals surface area contributed by atoms with Gasteiger partial charge in [0.25, 0.3) is 5.91 Å². The van der Waals surface area contributed by atoms with Crippen molar-refractivity contribution in [3.05, 3.63) is 35.1 Å². The minimum atomic E-state index is -0.736. The first-order valence-corrected chi connectivity index (χ1v) is 6.73. The number of hydrogen-bond acceptors (Lipinski definition) is 3. The predicted molar refractivity (Wildman–Crippen MR) is 78.7 cm³/mol. The van der Waals surface area contributed by atoms with Crippen LogP contribution in [0, 0.1) is 12.8 Å². The molecule has 108 valence electrons. The zero-order valence-electron chi connectivity index (χ0n) is 12.6. The van der Waals surface area contributed by atoms with E-state index in [0.717, 1.165) is 5.56 Å². The third-order valence-corrected chi connectivity index (χ3v) is 4.19. The molecule has 0 saturated heterocycles. The molecule has 4 nitrogen and oxygen atoms in total. The summed E-state index contributed by atoms with van der Waals surface area (Å²) in [5.74, 6) is 0.505. The quantitative estimate of drug-likeness (QED) is 0.891. The molecule has 0 aliphatic carbocycles. The largest absolute Gasteiger partial charge is 0.509 e. The van der Waals surface area contributed by atoms with Crippen molar-refractivity contribution in [3.63, 3.8) is 0 Å². The molecule has 1 aromatic carbocycles. The van der Waals surface area contributed by atoms with Crippen molar-refractivity contribution in [2.75, 3.05) is 7.11 Å². The van der Waals surface area contributed by atoms with Crippen LogP contribution >= 0.6 is 0 Å². The molecule has 4 heteroatoms. The molecule has 2 rings (SSSR count). The number of amides is 1. The number of aryl methyl sites for hydroxylation is 1. The number of hydrogen-bond donors (Lipinski definition) is 2. The summed E-state index contributed by atoms with van der Waals surface area (Å²) in [6, 6.07) is 5.56. The van der Waals surface area contributed by atoms with Crippen LogP contribution in [0.25, 0.3) is 5.57 Å². The third kappa shape index (κ3) is 1.96. The van der Waals surface area contributed by atoms with Gasteiger partial charge in [-0.25, -0.2) is 0 Å². The van der Waals surface area contributed by atoms with Crippen LogP contribution in [0.2, 0.25) is 0 Å². The number of aliphatic hydroxyl groups is 1. The second-order valence-electron chi connectivity index (χ2n) is 5.69. The zero-order chi connectivity index (χ0) is 15.1. The maximum absolute atomic E-state index is 12.3. The van der Waals surface area contributed by atoms with Gasteiger partial charge in [-0.05, 0) is 31.4 Å². The molecule has 1 amide bonds. The molecule has 0 bridgehead atoms. The Bertz CT molecular complexity index is 589. The summed E-state index contributed by atoms with van der Waals surface area (Å²) in [6.07, 6.45) is 0. The topological polar surface area (TPSA) is 58.6 Å². The van der Waals surface area contributed by atoms with Crippen molar-refractivity contribution in [3.8, 4) is 5.75 Å². The normalized spacial score (nSPS) is 22.4. The van der Waals surface area contributed by atoms with Gasteiger partial charge < -0.3 is 15.2 Å². The summed E-state index contributed by atoms with van der Waals surface area (Å²) in [7, 11) is 1.56. The molecule has 0 saturated carbocycles. The maximum Gasteiger partial charge on any atom is 0.256 e. The number of nitrogens with one attached hydrogen (secondary N) is 1. The van der Waals surface area contributed by atoms with E-state index in [1.54, 1.807) is 13.2 Å². The number of carbonyl (C=O) groups excluding carboxylic acids is 1. The van der Waals surface area contributed by atoms with Gasteiger partial charge in [0, 0.05) is 5.56 Å². The lowest BCUT2D eigenvalue weighted by molar-refractivity contribution is -0.116. The fraction of sp³-hybridized carbons (Fsp3) is 0.438. The van der Waals surface area contributed by atoms with E-state index in [9.17, 15) is 9.90 Å². The van der Waals surface area contributed by atoms with Gasteiger partial charge in [-0.3, -0.25) is 4.79 Å². The highest BCUT2D eigenvalue weighted by molar-refractivity contribution is 6.24. The van der Waals surface area contributed by atoms with E-state index >= 15 is 0 Å². The summed E-state index contributed by atoms with van der Waals surface area (Å²) < 4.78 is 5.34.